The minimum atomic E-state index is -2.60. The number of anilines is 2. The number of rotatable bonds is 12. The van der Waals surface area contributed by atoms with Crippen LogP contribution >= 0.6 is 0 Å². The Morgan fingerprint density at radius 1 is 1.17 bits per heavy atom. The Bertz CT molecular complexity index is 1090. The maximum absolute atomic E-state index is 12.7. The van der Waals surface area contributed by atoms with Crippen LogP contribution in [-0.2, 0) is 0 Å². The van der Waals surface area contributed by atoms with Gasteiger partial charge in [-0.15, -0.1) is 0 Å². The minimum Gasteiger partial charge on any atom is -0.496 e. The van der Waals surface area contributed by atoms with E-state index >= 15 is 0 Å². The van der Waals surface area contributed by atoms with E-state index in [2.05, 4.69) is 73.7 Å². The minimum absolute atomic E-state index is 0.265. The fourth-order valence-corrected chi connectivity index (χ4v) is 4.12. The van der Waals surface area contributed by atoms with Gasteiger partial charge in [-0.05, 0) is 56.0 Å². The molecule has 1 heterocycles. The third-order valence-electron chi connectivity index (χ3n) is 6.37. The number of aliphatic hydroxyl groups excluding tert-OH is 1. The summed E-state index contributed by atoms with van der Waals surface area (Å²) in [6.45, 7) is 7.72. The lowest BCUT2D eigenvalue weighted by Gasteiger charge is -2.30. The molecule has 0 saturated heterocycles. The second-order valence-electron chi connectivity index (χ2n) is 8.91. The molecule has 3 N–H and O–H groups in total. The van der Waals surface area contributed by atoms with Crippen molar-refractivity contribution in [2.24, 2.45) is 0 Å². The Morgan fingerprint density at radius 3 is 2.31 bits per heavy atom. The molecule has 1 aliphatic rings. The Labute approximate surface area is 212 Å². The molecular formula is C28H37F2N3O3. The molecular weight excluding hydrogens is 464 g/mol. The van der Waals surface area contributed by atoms with E-state index in [-0.39, 0.29) is 5.56 Å². The SMILES string of the molecule is CC/C(C)=C\N(c1cc(OC)c(C(O)NCC(F)F)c(OC)c1)c1ccc(C2=CC(CC)N2)cc1C. The number of halogens is 2. The Hall–Kier alpha value is -3.10. The summed E-state index contributed by atoms with van der Waals surface area (Å²) in [6, 6.07) is 10.3. The van der Waals surface area contributed by atoms with Crippen LogP contribution in [0.15, 0.2) is 48.2 Å². The Kier molecular flexibility index (Phi) is 9.34. The quantitative estimate of drug-likeness (QED) is 0.309. The summed E-state index contributed by atoms with van der Waals surface area (Å²) in [5.74, 6) is 0.657. The summed E-state index contributed by atoms with van der Waals surface area (Å²) in [4.78, 5) is 2.06. The van der Waals surface area contributed by atoms with E-state index < -0.39 is 19.2 Å². The largest absolute Gasteiger partial charge is 0.496 e. The van der Waals surface area contributed by atoms with Crippen molar-refractivity contribution in [2.45, 2.75) is 59.2 Å². The number of ether oxygens (including phenoxy) is 2. The number of hydrogen-bond acceptors (Lipinski definition) is 6. The summed E-state index contributed by atoms with van der Waals surface area (Å²) in [7, 11) is 2.95. The van der Waals surface area contributed by atoms with E-state index in [9.17, 15) is 13.9 Å². The number of aryl methyl sites for hydroxylation is 1. The Balaban J connectivity index is 2.07. The van der Waals surface area contributed by atoms with Crippen LogP contribution in [0, 0.1) is 6.92 Å². The molecule has 1 aliphatic heterocycles. The lowest BCUT2D eigenvalue weighted by Crippen LogP contribution is -2.34. The van der Waals surface area contributed by atoms with Crippen LogP contribution in [0.3, 0.4) is 0 Å². The van der Waals surface area contributed by atoms with Crippen molar-refractivity contribution in [1.29, 1.82) is 0 Å². The third-order valence-corrected chi connectivity index (χ3v) is 6.37. The van der Waals surface area contributed by atoms with Gasteiger partial charge in [0, 0.05) is 35.8 Å². The number of methoxy groups -OCH3 is 2. The average Bonchev–Trinajstić information content (AvgIpc) is 2.84. The first kappa shape index (κ1) is 27.5. The standard InChI is InChI=1S/C28H37F2N3O3/c1-7-17(3)16-33(23-10-9-19(11-18(23)4)22-12-20(8-2)32-22)21-13-24(35-5)27(25(14-21)36-6)28(34)31-15-26(29)30/h9-14,16,20,26,28,31-32,34H,7-8,15H2,1-6H3/b17-16-. The highest BCUT2D eigenvalue weighted by Gasteiger charge is 2.24. The van der Waals surface area contributed by atoms with E-state index in [0.717, 1.165) is 46.6 Å². The number of aliphatic hydroxyl groups is 1. The molecule has 2 aromatic rings. The molecule has 0 saturated carbocycles. The molecule has 0 spiro atoms. The molecule has 2 aromatic carbocycles. The molecule has 0 aliphatic carbocycles. The zero-order chi connectivity index (χ0) is 26.4. The summed E-state index contributed by atoms with van der Waals surface area (Å²) >= 11 is 0. The van der Waals surface area contributed by atoms with E-state index in [0.29, 0.717) is 17.5 Å². The Morgan fingerprint density at radius 2 is 1.81 bits per heavy atom. The van der Waals surface area contributed by atoms with Gasteiger partial charge in [0.15, 0.2) is 0 Å². The molecule has 36 heavy (non-hydrogen) atoms. The van der Waals surface area contributed by atoms with E-state index in [4.69, 9.17) is 9.47 Å². The molecule has 0 amide bonds. The van der Waals surface area contributed by atoms with Crippen molar-refractivity contribution < 1.29 is 23.4 Å². The maximum Gasteiger partial charge on any atom is 0.250 e. The van der Waals surface area contributed by atoms with Crippen LogP contribution in [0.2, 0.25) is 0 Å². The first-order chi connectivity index (χ1) is 17.2. The molecule has 2 unspecified atom stereocenters. The van der Waals surface area contributed by atoms with Gasteiger partial charge in [-0.2, -0.15) is 0 Å². The highest BCUT2D eigenvalue weighted by Crippen LogP contribution is 2.41. The van der Waals surface area contributed by atoms with Crippen LogP contribution in [0.1, 0.15) is 56.5 Å². The van der Waals surface area contributed by atoms with Crippen LogP contribution in [0.4, 0.5) is 20.2 Å². The van der Waals surface area contributed by atoms with Gasteiger partial charge in [0.2, 0.25) is 0 Å². The van der Waals surface area contributed by atoms with Crippen LogP contribution in [0.25, 0.3) is 5.70 Å². The smallest absolute Gasteiger partial charge is 0.250 e. The van der Waals surface area contributed by atoms with Gasteiger partial charge in [-0.1, -0.05) is 25.5 Å². The molecule has 0 aromatic heterocycles. The second kappa shape index (κ2) is 12.2. The highest BCUT2D eigenvalue weighted by atomic mass is 19.3. The molecule has 6 nitrogen and oxygen atoms in total. The predicted molar refractivity (Wildman–Crippen MR) is 141 cm³/mol. The van der Waals surface area contributed by atoms with Crippen molar-refractivity contribution in [1.82, 2.24) is 10.6 Å². The molecule has 2 atom stereocenters. The van der Waals surface area contributed by atoms with Gasteiger partial charge in [0.05, 0.1) is 32.0 Å². The van der Waals surface area contributed by atoms with Crippen molar-refractivity contribution in [3.8, 4) is 11.5 Å². The van der Waals surface area contributed by atoms with Gasteiger partial charge < -0.3 is 24.8 Å². The number of allylic oxidation sites excluding steroid dienone is 1. The van der Waals surface area contributed by atoms with Crippen LogP contribution in [-0.4, -0.2) is 38.3 Å². The van der Waals surface area contributed by atoms with E-state index in [1.165, 1.54) is 14.2 Å². The lowest BCUT2D eigenvalue weighted by atomic mass is 9.98. The fourth-order valence-electron chi connectivity index (χ4n) is 4.12. The number of benzene rings is 2. The van der Waals surface area contributed by atoms with Gasteiger partial charge in [0.25, 0.3) is 6.43 Å². The first-order valence-electron chi connectivity index (χ1n) is 12.2. The average molecular weight is 502 g/mol. The molecule has 196 valence electrons. The van der Waals surface area contributed by atoms with E-state index in [1.807, 2.05) is 0 Å². The van der Waals surface area contributed by atoms with Gasteiger partial charge in [0.1, 0.15) is 17.7 Å². The lowest BCUT2D eigenvalue weighted by molar-refractivity contribution is 0.0855. The second-order valence-corrected chi connectivity index (χ2v) is 8.91. The summed E-state index contributed by atoms with van der Waals surface area (Å²) < 4.78 is 36.6. The van der Waals surface area contributed by atoms with Crippen molar-refractivity contribution >= 4 is 17.1 Å². The van der Waals surface area contributed by atoms with Crippen LogP contribution in [0.5, 0.6) is 11.5 Å². The highest BCUT2D eigenvalue weighted by molar-refractivity contribution is 5.77. The monoisotopic (exact) mass is 501 g/mol. The van der Waals surface area contributed by atoms with Crippen molar-refractivity contribution in [2.75, 3.05) is 25.7 Å². The number of alkyl halides is 2. The first-order valence-corrected chi connectivity index (χ1v) is 12.2. The molecule has 0 fully saturated rings. The van der Waals surface area contributed by atoms with Gasteiger partial charge in [-0.25, -0.2) is 8.78 Å². The van der Waals surface area contributed by atoms with Crippen molar-refractivity contribution in [3.63, 3.8) is 0 Å². The van der Waals surface area contributed by atoms with E-state index in [1.54, 1.807) is 12.1 Å². The normalized spacial score (nSPS) is 16.2. The molecule has 0 bridgehead atoms. The molecule has 0 radical (unpaired) electrons. The topological polar surface area (TPSA) is 66.0 Å². The zero-order valence-electron chi connectivity index (χ0n) is 21.9. The van der Waals surface area contributed by atoms with Gasteiger partial charge >= 0.3 is 0 Å². The summed E-state index contributed by atoms with van der Waals surface area (Å²) in [6.07, 6.45) is 2.26. The zero-order valence-corrected chi connectivity index (χ0v) is 21.9. The third kappa shape index (κ3) is 6.17. The molecule has 8 heteroatoms. The van der Waals surface area contributed by atoms with Crippen molar-refractivity contribution in [3.05, 3.63) is 64.9 Å². The summed E-state index contributed by atoms with van der Waals surface area (Å²) in [5, 5.41) is 16.5. The predicted octanol–water partition coefficient (Wildman–Crippen LogP) is 6.03. The number of nitrogens with zero attached hydrogens (tertiary/aromatic N) is 1. The number of nitrogens with one attached hydrogen (secondary N) is 2. The van der Waals surface area contributed by atoms with Gasteiger partial charge in [-0.3, -0.25) is 5.32 Å². The molecule has 3 rings (SSSR count). The number of hydrogen-bond donors (Lipinski definition) is 3. The summed E-state index contributed by atoms with van der Waals surface area (Å²) in [5.41, 5.74) is 6.51. The maximum atomic E-state index is 12.7. The van der Waals surface area contributed by atoms with Crippen LogP contribution < -0.4 is 25.0 Å². The fraction of sp³-hybridized carbons (Fsp3) is 0.429.